The van der Waals surface area contributed by atoms with Gasteiger partial charge in [-0.05, 0) is 30.3 Å². The van der Waals surface area contributed by atoms with Gasteiger partial charge in [-0.1, -0.05) is 23.7 Å². The van der Waals surface area contributed by atoms with E-state index >= 15 is 0 Å². The molecular weight excluding hydrogens is 399 g/mol. The summed E-state index contributed by atoms with van der Waals surface area (Å²) in [6.45, 7) is -0.700. The van der Waals surface area contributed by atoms with Crippen LogP contribution in [0.15, 0.2) is 47.4 Å². The van der Waals surface area contributed by atoms with E-state index in [2.05, 4.69) is 5.32 Å². The van der Waals surface area contributed by atoms with Crippen LogP contribution in [-0.4, -0.2) is 45.3 Å². The second-order valence-corrected chi connectivity index (χ2v) is 8.09. The van der Waals surface area contributed by atoms with E-state index < -0.39 is 34.3 Å². The molecule has 2 aromatic carbocycles. The van der Waals surface area contributed by atoms with E-state index in [4.69, 9.17) is 16.3 Å². The molecule has 0 spiro atoms. The van der Waals surface area contributed by atoms with Gasteiger partial charge >= 0.3 is 5.97 Å². The van der Waals surface area contributed by atoms with Crippen LogP contribution in [0.2, 0.25) is 5.02 Å². The minimum absolute atomic E-state index is 0.0338. The topological polar surface area (TPSA) is 92.8 Å². The molecule has 0 aliphatic carbocycles. The number of anilines is 1. The Hall–Kier alpha value is -2.49. The first-order valence-electron chi connectivity index (χ1n) is 7.56. The highest BCUT2D eigenvalue weighted by Crippen LogP contribution is 2.26. The molecule has 1 N–H and O–H groups in total. The lowest BCUT2D eigenvalue weighted by Crippen LogP contribution is -2.23. The average molecular weight is 415 g/mol. The van der Waals surface area contributed by atoms with Crippen molar-refractivity contribution in [2.75, 3.05) is 26.0 Å². The van der Waals surface area contributed by atoms with E-state index in [1.807, 2.05) is 0 Å². The van der Waals surface area contributed by atoms with E-state index in [0.29, 0.717) is 0 Å². The van der Waals surface area contributed by atoms with Crippen LogP contribution in [0.4, 0.5) is 10.1 Å². The number of ether oxygens (including phenoxy) is 1. The summed E-state index contributed by atoms with van der Waals surface area (Å²) in [6.07, 6.45) is 0. The SMILES string of the molecule is CN(C)S(=O)(=O)c1ccc(Cl)c(NC(=O)COC(=O)c2ccccc2F)c1. The molecule has 0 aliphatic rings. The molecule has 7 nitrogen and oxygen atoms in total. The monoisotopic (exact) mass is 414 g/mol. The van der Waals surface area contributed by atoms with Gasteiger partial charge in [0.25, 0.3) is 5.91 Å². The maximum Gasteiger partial charge on any atom is 0.341 e. The molecule has 0 atom stereocenters. The van der Waals surface area contributed by atoms with E-state index in [1.165, 1.54) is 50.5 Å². The highest BCUT2D eigenvalue weighted by Gasteiger charge is 2.20. The summed E-state index contributed by atoms with van der Waals surface area (Å²) in [7, 11) is -0.991. The highest BCUT2D eigenvalue weighted by molar-refractivity contribution is 7.89. The van der Waals surface area contributed by atoms with Gasteiger partial charge in [0.05, 0.1) is 21.2 Å². The first kappa shape index (κ1) is 20.8. The number of hydrogen-bond donors (Lipinski definition) is 1. The molecule has 0 unspecified atom stereocenters. The Morgan fingerprint density at radius 1 is 1.19 bits per heavy atom. The van der Waals surface area contributed by atoms with Crippen LogP contribution in [-0.2, 0) is 19.6 Å². The summed E-state index contributed by atoms with van der Waals surface area (Å²) < 4.78 is 43.6. The zero-order valence-corrected chi connectivity index (χ0v) is 16.0. The zero-order chi connectivity index (χ0) is 20.2. The van der Waals surface area contributed by atoms with Crippen molar-refractivity contribution in [3.8, 4) is 0 Å². The largest absolute Gasteiger partial charge is 0.452 e. The molecule has 0 aromatic heterocycles. The van der Waals surface area contributed by atoms with Crippen molar-refractivity contribution in [2.45, 2.75) is 4.90 Å². The number of benzene rings is 2. The normalized spacial score (nSPS) is 11.3. The molecule has 0 saturated heterocycles. The number of halogens is 2. The van der Waals surface area contributed by atoms with Crippen molar-refractivity contribution in [2.24, 2.45) is 0 Å². The van der Waals surface area contributed by atoms with Gasteiger partial charge in [0.1, 0.15) is 5.82 Å². The van der Waals surface area contributed by atoms with Crippen molar-refractivity contribution in [3.63, 3.8) is 0 Å². The third-order valence-electron chi connectivity index (χ3n) is 3.42. The molecule has 2 aromatic rings. The molecule has 144 valence electrons. The minimum Gasteiger partial charge on any atom is -0.452 e. The number of esters is 1. The van der Waals surface area contributed by atoms with Gasteiger partial charge in [-0.15, -0.1) is 0 Å². The van der Waals surface area contributed by atoms with Crippen molar-refractivity contribution in [3.05, 3.63) is 58.9 Å². The molecule has 0 bridgehead atoms. The molecular formula is C17H16ClFN2O5S. The van der Waals surface area contributed by atoms with Gasteiger partial charge in [0.15, 0.2) is 6.61 Å². The predicted octanol–water partition coefficient (Wildman–Crippen LogP) is 2.52. The average Bonchev–Trinajstić information content (AvgIpc) is 2.61. The number of carbonyl (C=O) groups is 2. The fourth-order valence-electron chi connectivity index (χ4n) is 1.99. The maximum atomic E-state index is 13.5. The van der Waals surface area contributed by atoms with E-state index in [1.54, 1.807) is 0 Å². The molecule has 2 rings (SSSR count). The van der Waals surface area contributed by atoms with Crippen LogP contribution in [0.3, 0.4) is 0 Å². The molecule has 27 heavy (non-hydrogen) atoms. The molecule has 0 saturated carbocycles. The Kier molecular flexibility index (Phi) is 6.53. The standard InChI is InChI=1S/C17H16ClFN2O5S/c1-21(2)27(24,25)11-7-8-13(18)15(9-11)20-16(22)10-26-17(23)12-5-3-4-6-14(12)19/h3-9H,10H2,1-2H3,(H,20,22). The van der Waals surface area contributed by atoms with E-state index in [-0.39, 0.29) is 21.2 Å². The third kappa shape index (κ3) is 5.03. The summed E-state index contributed by atoms with van der Waals surface area (Å²) in [5, 5.41) is 2.46. The van der Waals surface area contributed by atoms with Crippen molar-refractivity contribution >= 4 is 39.2 Å². The second kappa shape index (κ2) is 8.47. The summed E-state index contributed by atoms with van der Waals surface area (Å²) in [6, 6.07) is 8.99. The molecule has 0 aliphatic heterocycles. The quantitative estimate of drug-likeness (QED) is 0.733. The van der Waals surface area contributed by atoms with Crippen LogP contribution >= 0.6 is 11.6 Å². The third-order valence-corrected chi connectivity index (χ3v) is 5.56. The van der Waals surface area contributed by atoms with Gasteiger partial charge in [0.2, 0.25) is 10.0 Å². The van der Waals surface area contributed by atoms with Gasteiger partial charge in [-0.25, -0.2) is 21.9 Å². The second-order valence-electron chi connectivity index (χ2n) is 5.53. The summed E-state index contributed by atoms with van der Waals surface area (Å²) in [5.41, 5.74) is -0.270. The van der Waals surface area contributed by atoms with Crippen molar-refractivity contribution in [1.82, 2.24) is 4.31 Å². The number of amides is 1. The zero-order valence-electron chi connectivity index (χ0n) is 14.4. The summed E-state index contributed by atoms with van der Waals surface area (Å²) in [4.78, 5) is 23.7. The number of nitrogens with one attached hydrogen (secondary N) is 1. The number of carbonyl (C=O) groups excluding carboxylic acids is 2. The lowest BCUT2D eigenvalue weighted by atomic mass is 10.2. The van der Waals surface area contributed by atoms with Crippen molar-refractivity contribution < 1.29 is 27.1 Å². The molecule has 0 radical (unpaired) electrons. The van der Waals surface area contributed by atoms with Crippen LogP contribution in [0.25, 0.3) is 0 Å². The first-order chi connectivity index (χ1) is 12.6. The van der Waals surface area contributed by atoms with Crippen molar-refractivity contribution in [1.29, 1.82) is 0 Å². The Balaban J connectivity index is 2.08. The van der Waals surface area contributed by atoms with Gasteiger partial charge in [-0.3, -0.25) is 4.79 Å². The van der Waals surface area contributed by atoms with Crippen LogP contribution < -0.4 is 5.32 Å². The Labute approximate surface area is 160 Å². The number of rotatable bonds is 6. The fourth-order valence-corrected chi connectivity index (χ4v) is 3.09. The Morgan fingerprint density at radius 2 is 1.85 bits per heavy atom. The number of sulfonamides is 1. The summed E-state index contributed by atoms with van der Waals surface area (Å²) >= 11 is 5.97. The fraction of sp³-hybridized carbons (Fsp3) is 0.176. The lowest BCUT2D eigenvalue weighted by Gasteiger charge is -2.14. The first-order valence-corrected chi connectivity index (χ1v) is 9.38. The minimum atomic E-state index is -3.72. The predicted molar refractivity (Wildman–Crippen MR) is 97.6 cm³/mol. The lowest BCUT2D eigenvalue weighted by molar-refractivity contribution is -0.119. The smallest absolute Gasteiger partial charge is 0.341 e. The number of hydrogen-bond acceptors (Lipinski definition) is 5. The molecule has 1 amide bonds. The highest BCUT2D eigenvalue weighted by atomic mass is 35.5. The van der Waals surface area contributed by atoms with Gasteiger partial charge in [0, 0.05) is 14.1 Å². The molecule has 10 heteroatoms. The Bertz CT molecular complexity index is 979. The number of nitrogens with zero attached hydrogens (tertiary/aromatic N) is 1. The van der Waals surface area contributed by atoms with Gasteiger partial charge < -0.3 is 10.1 Å². The Morgan fingerprint density at radius 3 is 2.48 bits per heavy atom. The van der Waals surface area contributed by atoms with Crippen LogP contribution in [0.1, 0.15) is 10.4 Å². The van der Waals surface area contributed by atoms with E-state index in [9.17, 15) is 22.4 Å². The molecule has 0 heterocycles. The summed E-state index contributed by atoms with van der Waals surface area (Å²) in [5.74, 6) is -2.54. The maximum absolute atomic E-state index is 13.5. The van der Waals surface area contributed by atoms with E-state index in [0.717, 1.165) is 10.4 Å². The van der Waals surface area contributed by atoms with Crippen LogP contribution in [0.5, 0.6) is 0 Å². The van der Waals surface area contributed by atoms with Gasteiger partial charge in [-0.2, -0.15) is 0 Å². The van der Waals surface area contributed by atoms with Crippen LogP contribution in [0, 0.1) is 5.82 Å². The molecule has 0 fully saturated rings.